The third-order valence-electron chi connectivity index (χ3n) is 7.83. The molecule has 0 amide bonds. The number of halogens is 2. The molecule has 1 saturated heterocycles. The number of ether oxygens (including phenoxy) is 3. The van der Waals surface area contributed by atoms with Crippen LogP contribution in [-0.2, 0) is 26.4 Å². The molecule has 5 aromatic rings. The number of hydrogen-bond donors (Lipinski definition) is 1. The lowest BCUT2D eigenvalue weighted by Crippen LogP contribution is -2.38. The van der Waals surface area contributed by atoms with Crippen molar-refractivity contribution in [2.24, 2.45) is 0 Å². The molecule has 0 saturated carbocycles. The van der Waals surface area contributed by atoms with Crippen molar-refractivity contribution in [3.63, 3.8) is 0 Å². The number of aromatic amines is 1. The topological polar surface area (TPSA) is 82.6 Å². The van der Waals surface area contributed by atoms with Crippen LogP contribution in [0.2, 0.25) is 0 Å². The van der Waals surface area contributed by atoms with Crippen LogP contribution in [0.15, 0.2) is 136 Å². The first kappa shape index (κ1) is 29.9. The summed E-state index contributed by atoms with van der Waals surface area (Å²) in [6.07, 6.45) is -0.929. The largest absolute Gasteiger partial charge is 0.371 e. The first-order valence-electron chi connectivity index (χ1n) is 14.3. The molecule has 0 spiro atoms. The monoisotopic (exact) mass is 656 g/mol. The van der Waals surface area contributed by atoms with E-state index in [0.717, 1.165) is 37.5 Å². The van der Waals surface area contributed by atoms with Gasteiger partial charge in [-0.3, -0.25) is 14.3 Å². The summed E-state index contributed by atoms with van der Waals surface area (Å²) in [6.45, 7) is 0.352. The molecule has 44 heavy (non-hydrogen) atoms. The molecule has 4 aromatic carbocycles. The quantitative estimate of drug-likeness (QED) is 0.178. The summed E-state index contributed by atoms with van der Waals surface area (Å²) in [5.41, 5.74) is 0.878. The van der Waals surface area contributed by atoms with Gasteiger partial charge in [0, 0.05) is 10.9 Å². The molecular weight excluding hydrogens is 627 g/mol. The highest BCUT2D eigenvalue weighted by Gasteiger charge is 2.43. The van der Waals surface area contributed by atoms with Crippen LogP contribution in [0, 0.1) is 5.82 Å². The fraction of sp³-hybridized carbons (Fsp3) is 0.200. The molecule has 1 aromatic heterocycles. The minimum atomic E-state index is -1.08. The van der Waals surface area contributed by atoms with Gasteiger partial charge in [0.1, 0.15) is 17.9 Å². The smallest absolute Gasteiger partial charge is 0.330 e. The standard InChI is InChI=1S/C35H30BrFN2O5/c36-28-19-11-10-12-24(28)22-42-30-20-32(39-21-29(37)33(40)38-34(39)41)44-31(30)23-43-35(25-13-4-1-5-14-25,26-15-6-2-7-16-26)27-17-8-3-9-18-27/h1-19,21,30-32H,20,22-23H2,(H,38,40,41)/t30-,31+,32+/m0/s1. The number of rotatable bonds is 10. The zero-order valence-electron chi connectivity index (χ0n) is 23.6. The molecule has 7 nitrogen and oxygen atoms in total. The Morgan fingerprint density at radius 3 is 1.95 bits per heavy atom. The van der Waals surface area contributed by atoms with Crippen LogP contribution in [0.3, 0.4) is 0 Å². The van der Waals surface area contributed by atoms with Crippen molar-refractivity contribution in [2.75, 3.05) is 6.61 Å². The molecule has 9 heteroatoms. The van der Waals surface area contributed by atoms with Gasteiger partial charge in [-0.2, -0.15) is 4.39 Å². The highest BCUT2D eigenvalue weighted by atomic mass is 79.9. The Labute approximate surface area is 262 Å². The van der Waals surface area contributed by atoms with E-state index in [0.29, 0.717) is 0 Å². The van der Waals surface area contributed by atoms with E-state index in [4.69, 9.17) is 14.2 Å². The van der Waals surface area contributed by atoms with Gasteiger partial charge in [-0.05, 0) is 28.3 Å². The number of nitrogens with one attached hydrogen (secondary N) is 1. The van der Waals surface area contributed by atoms with Crippen molar-refractivity contribution in [3.05, 3.63) is 175 Å². The molecule has 1 fully saturated rings. The van der Waals surface area contributed by atoms with Crippen LogP contribution >= 0.6 is 15.9 Å². The first-order valence-corrected chi connectivity index (χ1v) is 15.1. The van der Waals surface area contributed by atoms with Gasteiger partial charge in [-0.15, -0.1) is 0 Å². The summed E-state index contributed by atoms with van der Waals surface area (Å²) in [7, 11) is 0. The molecule has 0 unspecified atom stereocenters. The Morgan fingerprint density at radius 1 is 0.841 bits per heavy atom. The fourth-order valence-corrected chi connectivity index (χ4v) is 6.06. The maximum absolute atomic E-state index is 14.3. The van der Waals surface area contributed by atoms with Gasteiger partial charge in [0.15, 0.2) is 0 Å². The minimum absolute atomic E-state index is 0.0798. The highest BCUT2D eigenvalue weighted by molar-refractivity contribution is 9.10. The van der Waals surface area contributed by atoms with Crippen LogP contribution in [0.25, 0.3) is 0 Å². The Hall–Kier alpha value is -4.15. The first-order chi connectivity index (χ1) is 21.5. The second-order valence-electron chi connectivity index (χ2n) is 10.5. The summed E-state index contributed by atoms with van der Waals surface area (Å²) in [4.78, 5) is 26.4. The van der Waals surface area contributed by atoms with E-state index in [1.807, 2.05) is 120 Å². The maximum atomic E-state index is 14.3. The Morgan fingerprint density at radius 2 is 1.39 bits per heavy atom. The highest BCUT2D eigenvalue weighted by Crippen LogP contribution is 2.42. The van der Waals surface area contributed by atoms with Gasteiger partial charge in [0.25, 0.3) is 5.56 Å². The van der Waals surface area contributed by atoms with E-state index in [9.17, 15) is 14.0 Å². The normalized spacial score (nSPS) is 18.4. The van der Waals surface area contributed by atoms with E-state index in [2.05, 4.69) is 15.9 Å². The van der Waals surface area contributed by atoms with Crippen LogP contribution in [0.1, 0.15) is 34.9 Å². The summed E-state index contributed by atoms with van der Waals surface area (Å²) in [5.74, 6) is -1.07. The number of aromatic nitrogens is 2. The zero-order chi connectivity index (χ0) is 30.5. The lowest BCUT2D eigenvalue weighted by atomic mass is 9.80. The SMILES string of the molecule is O=c1[nH]c(=O)n([C@H]2C[C@H](OCc3ccccc3Br)[C@@H](COC(c3ccccc3)(c3ccccc3)c3ccccc3)O2)cc1F. The second kappa shape index (κ2) is 13.2. The Kier molecular flexibility index (Phi) is 8.99. The Bertz CT molecular complexity index is 1720. The number of H-pyrrole nitrogens is 1. The lowest BCUT2D eigenvalue weighted by molar-refractivity contribution is -0.106. The van der Waals surface area contributed by atoms with Gasteiger partial charge in [0.2, 0.25) is 5.82 Å². The predicted molar refractivity (Wildman–Crippen MR) is 168 cm³/mol. The van der Waals surface area contributed by atoms with E-state index in [1.54, 1.807) is 0 Å². The molecule has 1 N–H and O–H groups in total. The zero-order valence-corrected chi connectivity index (χ0v) is 25.2. The minimum Gasteiger partial charge on any atom is -0.371 e. The van der Waals surface area contributed by atoms with E-state index in [1.165, 1.54) is 0 Å². The van der Waals surface area contributed by atoms with Crippen LogP contribution in [0.4, 0.5) is 4.39 Å². The molecule has 0 aliphatic carbocycles. The van der Waals surface area contributed by atoms with Gasteiger partial charge in [0.05, 0.1) is 25.5 Å². The molecule has 224 valence electrons. The van der Waals surface area contributed by atoms with E-state index >= 15 is 0 Å². The van der Waals surface area contributed by atoms with Crippen molar-refractivity contribution in [1.82, 2.24) is 9.55 Å². The van der Waals surface area contributed by atoms with Gasteiger partial charge in [-0.1, -0.05) is 125 Å². The molecule has 0 bridgehead atoms. The van der Waals surface area contributed by atoms with E-state index < -0.39 is 41.1 Å². The fourth-order valence-electron chi connectivity index (χ4n) is 5.66. The summed E-state index contributed by atoms with van der Waals surface area (Å²) in [6, 6.07) is 37.6. The van der Waals surface area contributed by atoms with Crippen molar-refractivity contribution in [3.8, 4) is 0 Å². The van der Waals surface area contributed by atoms with Crippen molar-refractivity contribution in [1.29, 1.82) is 0 Å². The van der Waals surface area contributed by atoms with Crippen molar-refractivity contribution >= 4 is 15.9 Å². The number of nitrogens with zero attached hydrogens (tertiary/aromatic N) is 1. The maximum Gasteiger partial charge on any atom is 0.330 e. The van der Waals surface area contributed by atoms with E-state index in [-0.39, 0.29) is 19.6 Å². The molecule has 1 aliphatic rings. The Balaban J connectivity index is 1.37. The molecular formula is C35H30BrFN2O5. The van der Waals surface area contributed by atoms with Gasteiger partial charge < -0.3 is 14.2 Å². The number of benzene rings is 4. The molecule has 1 aliphatic heterocycles. The third kappa shape index (κ3) is 6.09. The summed E-state index contributed by atoms with van der Waals surface area (Å²) in [5, 5.41) is 0. The predicted octanol–water partition coefficient (Wildman–Crippen LogP) is 6.32. The molecule has 2 heterocycles. The van der Waals surface area contributed by atoms with Crippen LogP contribution < -0.4 is 11.2 Å². The average molecular weight is 658 g/mol. The average Bonchev–Trinajstić information content (AvgIpc) is 3.47. The van der Waals surface area contributed by atoms with Gasteiger partial charge in [-0.25, -0.2) is 4.79 Å². The van der Waals surface area contributed by atoms with Gasteiger partial charge >= 0.3 is 5.69 Å². The van der Waals surface area contributed by atoms with Crippen LogP contribution in [0.5, 0.6) is 0 Å². The molecule has 0 radical (unpaired) electrons. The van der Waals surface area contributed by atoms with Crippen LogP contribution in [-0.4, -0.2) is 28.4 Å². The second-order valence-corrected chi connectivity index (χ2v) is 11.4. The molecule has 3 atom stereocenters. The lowest BCUT2D eigenvalue weighted by Gasteiger charge is -2.37. The van der Waals surface area contributed by atoms with Crippen molar-refractivity contribution < 1.29 is 18.6 Å². The summed E-state index contributed by atoms with van der Waals surface area (Å²) < 4.78 is 36.0. The number of hydrogen-bond acceptors (Lipinski definition) is 5. The third-order valence-corrected chi connectivity index (χ3v) is 8.60. The molecule has 6 rings (SSSR count). The summed E-state index contributed by atoms with van der Waals surface area (Å²) >= 11 is 3.57. The van der Waals surface area contributed by atoms with Crippen molar-refractivity contribution in [2.45, 2.75) is 37.1 Å².